The van der Waals surface area contributed by atoms with Gasteiger partial charge in [0.15, 0.2) is 0 Å². The maximum absolute atomic E-state index is 13.1. The van der Waals surface area contributed by atoms with E-state index >= 15 is 0 Å². The van der Waals surface area contributed by atoms with Crippen LogP contribution in [0.5, 0.6) is 0 Å². The molecule has 4 rings (SSSR count). The van der Waals surface area contributed by atoms with E-state index in [1.165, 1.54) is 46.3 Å². The number of aromatic nitrogens is 3. The van der Waals surface area contributed by atoms with E-state index in [0.29, 0.717) is 10.7 Å². The zero-order valence-electron chi connectivity index (χ0n) is 15.0. The van der Waals surface area contributed by atoms with Crippen LogP contribution in [0.3, 0.4) is 0 Å². The molecule has 7 nitrogen and oxygen atoms in total. The van der Waals surface area contributed by atoms with Gasteiger partial charge in [-0.15, -0.1) is 0 Å². The number of benzene rings is 1. The molecule has 0 radical (unpaired) electrons. The van der Waals surface area contributed by atoms with Crippen LogP contribution >= 0.6 is 11.6 Å². The first-order valence-electron chi connectivity index (χ1n) is 8.29. The van der Waals surface area contributed by atoms with Crippen LogP contribution < -0.4 is 11.0 Å². The van der Waals surface area contributed by atoms with Gasteiger partial charge < -0.3 is 4.57 Å². The molecule has 1 N–H and O–H groups in total. The summed E-state index contributed by atoms with van der Waals surface area (Å²) in [5, 5.41) is 8.89. The average Bonchev–Trinajstić information content (AvgIpc) is 2.66. The largest absolute Gasteiger partial charge is 0.313 e. The van der Waals surface area contributed by atoms with Crippen LogP contribution in [0.25, 0.3) is 16.7 Å². The van der Waals surface area contributed by atoms with Crippen molar-refractivity contribution < 1.29 is 8.42 Å². The Bertz CT molecular complexity index is 1490. The van der Waals surface area contributed by atoms with Crippen LogP contribution in [0.15, 0.2) is 63.2 Å². The van der Waals surface area contributed by atoms with Crippen LogP contribution in [-0.4, -0.2) is 22.4 Å². The van der Waals surface area contributed by atoms with E-state index in [1.807, 2.05) is 13.0 Å². The Morgan fingerprint density at radius 2 is 1.79 bits per heavy atom. The summed E-state index contributed by atoms with van der Waals surface area (Å²) in [6, 6.07) is 10.5. The zero-order valence-corrected chi connectivity index (χ0v) is 16.5. The molecule has 0 amide bonds. The molecule has 0 aliphatic rings. The Morgan fingerprint density at radius 3 is 2.46 bits per heavy atom. The molecular weight excluding hydrogens is 400 g/mol. The van der Waals surface area contributed by atoms with Crippen LogP contribution in [-0.2, 0) is 16.9 Å². The predicted molar refractivity (Wildman–Crippen MR) is 105 cm³/mol. The molecule has 0 saturated carbocycles. The topological polar surface area (TPSA) is 97.3 Å². The molecular formula is C19H15ClN4O3S. The fourth-order valence-corrected chi connectivity index (χ4v) is 4.64. The van der Waals surface area contributed by atoms with Crippen molar-refractivity contribution in [2.45, 2.75) is 16.7 Å². The highest BCUT2D eigenvalue weighted by molar-refractivity contribution is 7.91. The highest BCUT2D eigenvalue weighted by Gasteiger charge is 2.23. The second kappa shape index (κ2) is 6.29. The Hall–Kier alpha value is -2.97. The van der Waals surface area contributed by atoms with E-state index in [0.717, 1.165) is 5.56 Å². The molecule has 9 heteroatoms. The average molecular weight is 415 g/mol. The van der Waals surface area contributed by atoms with Crippen molar-refractivity contribution in [1.29, 1.82) is 5.41 Å². The van der Waals surface area contributed by atoms with Crippen molar-refractivity contribution >= 4 is 38.1 Å². The molecule has 0 aliphatic carbocycles. The lowest BCUT2D eigenvalue weighted by molar-refractivity contribution is 0.592. The van der Waals surface area contributed by atoms with Crippen LogP contribution in [0.4, 0.5) is 0 Å². The molecule has 0 aliphatic heterocycles. The minimum Gasteiger partial charge on any atom is -0.313 e. The second-order valence-electron chi connectivity index (χ2n) is 6.41. The third-order valence-electron chi connectivity index (χ3n) is 4.64. The van der Waals surface area contributed by atoms with Gasteiger partial charge in [0.1, 0.15) is 21.7 Å². The monoisotopic (exact) mass is 414 g/mol. The van der Waals surface area contributed by atoms with Gasteiger partial charge in [-0.2, -0.15) is 0 Å². The summed E-state index contributed by atoms with van der Waals surface area (Å²) in [6.45, 7) is 1.83. The predicted octanol–water partition coefficient (Wildman–Crippen LogP) is 2.46. The lowest BCUT2D eigenvalue weighted by Crippen LogP contribution is -2.28. The fourth-order valence-electron chi connectivity index (χ4n) is 3.10. The molecule has 4 aromatic rings. The summed E-state index contributed by atoms with van der Waals surface area (Å²) >= 11 is 5.84. The van der Waals surface area contributed by atoms with Gasteiger partial charge in [0.2, 0.25) is 9.84 Å². The second-order valence-corrected chi connectivity index (χ2v) is 8.77. The summed E-state index contributed by atoms with van der Waals surface area (Å²) < 4.78 is 28.9. The van der Waals surface area contributed by atoms with Crippen molar-refractivity contribution in [2.75, 3.05) is 0 Å². The first kappa shape index (κ1) is 18.4. The van der Waals surface area contributed by atoms with E-state index in [1.54, 1.807) is 12.3 Å². The van der Waals surface area contributed by atoms with Crippen molar-refractivity contribution in [3.8, 4) is 0 Å². The number of halogens is 1. The van der Waals surface area contributed by atoms with E-state index < -0.39 is 15.4 Å². The molecule has 0 saturated heterocycles. The molecule has 1 aromatic carbocycles. The lowest BCUT2D eigenvalue weighted by atomic mass is 10.2. The number of aryl methyl sites for hydroxylation is 2. The van der Waals surface area contributed by atoms with E-state index in [-0.39, 0.29) is 26.3 Å². The van der Waals surface area contributed by atoms with Crippen molar-refractivity contribution in [3.63, 3.8) is 0 Å². The molecule has 0 atom stereocenters. The SMILES string of the molecule is Cc1cccn2c(=O)c3cc(S(=O)(=O)c4ccc(Cl)cc4)c(=N)n(C)c3nc12. The smallest absolute Gasteiger partial charge is 0.267 e. The molecule has 3 heterocycles. The van der Waals surface area contributed by atoms with Crippen molar-refractivity contribution in [2.24, 2.45) is 7.05 Å². The van der Waals surface area contributed by atoms with Crippen molar-refractivity contribution in [3.05, 3.63) is 75.1 Å². The number of sulfone groups is 1. The highest BCUT2D eigenvalue weighted by Crippen LogP contribution is 2.22. The summed E-state index contributed by atoms with van der Waals surface area (Å²) in [5.74, 6) is 0. The van der Waals surface area contributed by atoms with Gasteiger partial charge in [0, 0.05) is 18.3 Å². The Labute approximate surface area is 164 Å². The molecule has 0 fully saturated rings. The Morgan fingerprint density at radius 1 is 1.11 bits per heavy atom. The van der Waals surface area contributed by atoms with Gasteiger partial charge in [-0.3, -0.25) is 14.6 Å². The van der Waals surface area contributed by atoms with Gasteiger partial charge >= 0.3 is 0 Å². The minimum atomic E-state index is -4.02. The summed E-state index contributed by atoms with van der Waals surface area (Å²) in [5.41, 5.74) is 0.854. The van der Waals surface area contributed by atoms with Gasteiger partial charge in [-0.1, -0.05) is 17.7 Å². The van der Waals surface area contributed by atoms with Gasteiger partial charge in [-0.05, 0) is 48.9 Å². The fraction of sp³-hybridized carbons (Fsp3) is 0.105. The molecule has 0 unspecified atom stereocenters. The highest BCUT2D eigenvalue weighted by atomic mass is 35.5. The first-order chi connectivity index (χ1) is 13.2. The van der Waals surface area contributed by atoms with Crippen LogP contribution in [0.1, 0.15) is 5.56 Å². The summed E-state index contributed by atoms with van der Waals surface area (Å²) in [4.78, 5) is 17.2. The number of hydrogen-bond donors (Lipinski definition) is 1. The Balaban J connectivity index is 2.12. The third-order valence-corrected chi connectivity index (χ3v) is 6.67. The number of fused-ring (bicyclic) bond motifs is 2. The lowest BCUT2D eigenvalue weighted by Gasteiger charge is -2.12. The standard InChI is InChI=1S/C19H15ClN4O3S/c1-11-4-3-9-24-17(11)22-18-14(19(24)25)10-15(16(21)23(18)2)28(26,27)13-7-5-12(20)6-8-13/h3-10,21H,1-2H3. The van der Waals surface area contributed by atoms with Gasteiger partial charge in [-0.25, -0.2) is 13.4 Å². The van der Waals surface area contributed by atoms with Gasteiger partial charge in [0.25, 0.3) is 5.56 Å². The molecule has 28 heavy (non-hydrogen) atoms. The van der Waals surface area contributed by atoms with Gasteiger partial charge in [0.05, 0.1) is 10.3 Å². The third kappa shape index (κ3) is 2.64. The number of rotatable bonds is 2. The first-order valence-corrected chi connectivity index (χ1v) is 10.1. The quantitative estimate of drug-likeness (QED) is 0.509. The normalized spacial score (nSPS) is 12.0. The number of nitrogens with one attached hydrogen (secondary N) is 1. The summed E-state index contributed by atoms with van der Waals surface area (Å²) in [6.07, 6.45) is 1.58. The van der Waals surface area contributed by atoms with Crippen LogP contribution in [0.2, 0.25) is 5.02 Å². The number of nitrogens with zero attached hydrogens (tertiary/aromatic N) is 3. The van der Waals surface area contributed by atoms with Crippen molar-refractivity contribution in [1.82, 2.24) is 14.0 Å². The van der Waals surface area contributed by atoms with E-state index in [4.69, 9.17) is 17.0 Å². The molecule has 0 spiro atoms. The minimum absolute atomic E-state index is 0.00514. The molecule has 142 valence electrons. The number of pyridine rings is 2. The maximum Gasteiger partial charge on any atom is 0.267 e. The zero-order chi connectivity index (χ0) is 20.2. The number of hydrogen-bond acceptors (Lipinski definition) is 5. The Kier molecular flexibility index (Phi) is 4.13. The summed E-state index contributed by atoms with van der Waals surface area (Å²) in [7, 11) is -2.50. The maximum atomic E-state index is 13.1. The van der Waals surface area contributed by atoms with E-state index in [2.05, 4.69) is 4.98 Å². The van der Waals surface area contributed by atoms with Crippen LogP contribution in [0, 0.1) is 12.3 Å². The molecule has 0 bridgehead atoms. The van der Waals surface area contributed by atoms with E-state index in [9.17, 15) is 13.2 Å². The molecule has 3 aromatic heterocycles.